The molecule has 2 aromatic rings. The Morgan fingerprint density at radius 2 is 2.13 bits per heavy atom. The molecule has 1 aliphatic rings. The van der Waals surface area contributed by atoms with Gasteiger partial charge in [0.25, 0.3) is 5.91 Å². The van der Waals surface area contributed by atoms with Crippen molar-refractivity contribution in [3.63, 3.8) is 0 Å². The van der Waals surface area contributed by atoms with Gasteiger partial charge in [-0.2, -0.15) is 5.10 Å². The summed E-state index contributed by atoms with van der Waals surface area (Å²) in [5.74, 6) is 1.17. The van der Waals surface area contributed by atoms with Crippen LogP contribution >= 0.6 is 0 Å². The van der Waals surface area contributed by atoms with Gasteiger partial charge in [0, 0.05) is 19.5 Å². The van der Waals surface area contributed by atoms with Crippen LogP contribution in [-0.2, 0) is 16.7 Å². The highest BCUT2D eigenvalue weighted by Gasteiger charge is 2.29. The number of amides is 1. The van der Waals surface area contributed by atoms with Crippen molar-refractivity contribution < 1.29 is 14.4 Å². The van der Waals surface area contributed by atoms with Crippen molar-refractivity contribution in [2.24, 2.45) is 12.2 Å². The van der Waals surface area contributed by atoms with E-state index in [4.69, 9.17) is 9.57 Å². The maximum Gasteiger partial charge on any atom is 0.269 e. The summed E-state index contributed by atoms with van der Waals surface area (Å²) in [5.41, 5.74) is 2.50. The van der Waals surface area contributed by atoms with Gasteiger partial charge >= 0.3 is 0 Å². The van der Waals surface area contributed by atoms with E-state index in [1.807, 2.05) is 31.2 Å². The second-order valence-electron chi connectivity index (χ2n) is 5.35. The first-order valence-corrected chi connectivity index (χ1v) is 7.25. The molecule has 0 fully saturated rings. The molecule has 1 unspecified atom stereocenters. The molecule has 23 heavy (non-hydrogen) atoms. The Morgan fingerprint density at radius 3 is 2.74 bits per heavy atom. The van der Waals surface area contributed by atoms with Crippen molar-refractivity contribution in [3.8, 4) is 5.75 Å². The van der Waals surface area contributed by atoms with Crippen LogP contribution in [-0.4, -0.2) is 34.6 Å². The highest BCUT2D eigenvalue weighted by atomic mass is 16.6. The number of nitrogens with zero attached hydrogens (tertiary/aromatic N) is 3. The molecule has 0 bridgehead atoms. The average Bonchev–Trinajstić information content (AvgIpc) is 3.15. The van der Waals surface area contributed by atoms with E-state index >= 15 is 0 Å². The normalized spacial score (nSPS) is 16.7. The van der Waals surface area contributed by atoms with Crippen LogP contribution < -0.4 is 10.1 Å². The summed E-state index contributed by atoms with van der Waals surface area (Å²) in [7, 11) is 3.39. The van der Waals surface area contributed by atoms with E-state index in [0.717, 1.165) is 22.7 Å². The lowest BCUT2D eigenvalue weighted by Gasteiger charge is -2.09. The molecular formula is C16H18N4O3. The van der Waals surface area contributed by atoms with E-state index in [1.165, 1.54) is 0 Å². The minimum Gasteiger partial charge on any atom is -0.497 e. The Hall–Kier alpha value is -2.83. The summed E-state index contributed by atoms with van der Waals surface area (Å²) in [6.07, 6.45) is -0.211. The maximum atomic E-state index is 12.3. The number of hydrogen-bond donors (Lipinski definition) is 1. The van der Waals surface area contributed by atoms with E-state index in [0.29, 0.717) is 12.2 Å². The van der Waals surface area contributed by atoms with Gasteiger partial charge in [0.1, 0.15) is 11.6 Å². The summed E-state index contributed by atoms with van der Waals surface area (Å²) in [5, 5.41) is 11.0. The van der Waals surface area contributed by atoms with E-state index in [1.54, 1.807) is 24.9 Å². The molecule has 0 radical (unpaired) electrons. The van der Waals surface area contributed by atoms with E-state index in [-0.39, 0.29) is 5.91 Å². The van der Waals surface area contributed by atoms with Crippen LogP contribution in [0.15, 0.2) is 35.5 Å². The molecule has 1 aliphatic heterocycles. The molecule has 0 spiro atoms. The number of ether oxygens (including phenoxy) is 1. The molecule has 0 saturated heterocycles. The predicted molar refractivity (Wildman–Crippen MR) is 85.6 cm³/mol. The molecule has 1 amide bonds. The van der Waals surface area contributed by atoms with Crippen molar-refractivity contribution in [2.75, 3.05) is 12.4 Å². The highest BCUT2D eigenvalue weighted by Crippen LogP contribution is 2.20. The predicted octanol–water partition coefficient (Wildman–Crippen LogP) is 1.87. The fourth-order valence-electron chi connectivity index (χ4n) is 2.41. The number of nitrogens with one attached hydrogen (secondary N) is 1. The van der Waals surface area contributed by atoms with Crippen molar-refractivity contribution in [1.82, 2.24) is 9.78 Å². The smallest absolute Gasteiger partial charge is 0.269 e. The number of aryl methyl sites for hydroxylation is 2. The van der Waals surface area contributed by atoms with Gasteiger partial charge in [-0.15, -0.1) is 0 Å². The lowest BCUT2D eigenvalue weighted by Crippen LogP contribution is -2.28. The number of benzene rings is 1. The monoisotopic (exact) mass is 314 g/mol. The quantitative estimate of drug-likeness (QED) is 0.934. The van der Waals surface area contributed by atoms with E-state index < -0.39 is 6.10 Å². The fraction of sp³-hybridized carbons (Fsp3) is 0.312. The second-order valence-corrected chi connectivity index (χ2v) is 5.35. The first-order valence-electron chi connectivity index (χ1n) is 7.25. The molecule has 0 aliphatic carbocycles. The Bertz CT molecular complexity index is 749. The van der Waals surface area contributed by atoms with Crippen molar-refractivity contribution in [1.29, 1.82) is 0 Å². The van der Waals surface area contributed by atoms with Crippen LogP contribution in [0.25, 0.3) is 0 Å². The zero-order chi connectivity index (χ0) is 16.4. The van der Waals surface area contributed by atoms with Gasteiger partial charge in [0.2, 0.25) is 6.10 Å². The molecule has 7 nitrogen and oxygen atoms in total. The minimum absolute atomic E-state index is 0.236. The second kappa shape index (κ2) is 6.12. The summed E-state index contributed by atoms with van der Waals surface area (Å²) < 4.78 is 6.75. The number of carbonyl (C=O) groups is 1. The SMILES string of the molecule is COc1ccc(C2=NOC(C(=O)Nc3cc(C)nn3C)C2)cc1. The molecule has 1 aromatic heterocycles. The van der Waals surface area contributed by atoms with Gasteiger partial charge in [-0.3, -0.25) is 9.48 Å². The molecule has 1 aromatic carbocycles. The van der Waals surface area contributed by atoms with Gasteiger partial charge in [0.15, 0.2) is 0 Å². The summed E-state index contributed by atoms with van der Waals surface area (Å²) in [6, 6.07) is 9.29. The van der Waals surface area contributed by atoms with Crippen LogP contribution in [0.1, 0.15) is 17.7 Å². The Labute approximate surface area is 133 Å². The lowest BCUT2D eigenvalue weighted by molar-refractivity contribution is -0.125. The zero-order valence-electron chi connectivity index (χ0n) is 13.2. The molecule has 7 heteroatoms. The van der Waals surface area contributed by atoms with Crippen LogP contribution in [0.4, 0.5) is 5.82 Å². The molecule has 0 saturated carbocycles. The topological polar surface area (TPSA) is 77.7 Å². The van der Waals surface area contributed by atoms with E-state index in [2.05, 4.69) is 15.6 Å². The Kier molecular flexibility index (Phi) is 4.01. The lowest BCUT2D eigenvalue weighted by atomic mass is 10.0. The molecule has 1 atom stereocenters. The number of oxime groups is 1. The van der Waals surface area contributed by atoms with Crippen molar-refractivity contribution >= 4 is 17.4 Å². The van der Waals surface area contributed by atoms with Crippen molar-refractivity contribution in [2.45, 2.75) is 19.4 Å². The summed E-state index contributed by atoms with van der Waals surface area (Å²) >= 11 is 0. The molecular weight excluding hydrogens is 296 g/mol. The first kappa shape index (κ1) is 15.1. The van der Waals surface area contributed by atoms with Crippen LogP contribution in [0.5, 0.6) is 5.75 Å². The third-order valence-electron chi connectivity index (χ3n) is 3.64. The number of anilines is 1. The van der Waals surface area contributed by atoms with Gasteiger partial charge in [-0.05, 0) is 36.8 Å². The van der Waals surface area contributed by atoms with Gasteiger partial charge < -0.3 is 14.9 Å². The number of rotatable bonds is 4. The maximum absolute atomic E-state index is 12.3. The summed E-state index contributed by atoms with van der Waals surface area (Å²) in [4.78, 5) is 17.6. The van der Waals surface area contributed by atoms with Gasteiger partial charge in [0.05, 0.1) is 18.5 Å². The molecule has 3 rings (SSSR count). The minimum atomic E-state index is -0.637. The standard InChI is InChI=1S/C16H18N4O3/c1-10-8-15(20(2)18-10)17-16(21)14-9-13(19-23-14)11-4-6-12(22-3)7-5-11/h4-8,14H,9H2,1-3H3,(H,17,21). The fourth-order valence-corrected chi connectivity index (χ4v) is 2.41. The van der Waals surface area contributed by atoms with Gasteiger partial charge in [-0.1, -0.05) is 5.16 Å². The average molecular weight is 314 g/mol. The molecule has 2 heterocycles. The number of aromatic nitrogens is 2. The Balaban J connectivity index is 1.63. The zero-order valence-corrected chi connectivity index (χ0v) is 13.2. The highest BCUT2D eigenvalue weighted by molar-refractivity contribution is 6.06. The van der Waals surface area contributed by atoms with Gasteiger partial charge in [-0.25, -0.2) is 0 Å². The van der Waals surface area contributed by atoms with Crippen LogP contribution in [0, 0.1) is 6.92 Å². The third-order valence-corrected chi connectivity index (χ3v) is 3.64. The van der Waals surface area contributed by atoms with E-state index in [9.17, 15) is 4.79 Å². The number of hydrogen-bond acceptors (Lipinski definition) is 5. The first-order chi connectivity index (χ1) is 11.1. The number of methoxy groups -OCH3 is 1. The molecule has 1 N–H and O–H groups in total. The van der Waals surface area contributed by atoms with Crippen molar-refractivity contribution in [3.05, 3.63) is 41.6 Å². The largest absolute Gasteiger partial charge is 0.497 e. The van der Waals surface area contributed by atoms with Crippen LogP contribution in [0.3, 0.4) is 0 Å². The summed E-state index contributed by atoms with van der Waals surface area (Å²) in [6.45, 7) is 1.87. The molecule has 120 valence electrons. The Morgan fingerprint density at radius 1 is 1.39 bits per heavy atom. The number of carbonyl (C=O) groups excluding carboxylic acids is 1. The third kappa shape index (κ3) is 3.18. The van der Waals surface area contributed by atoms with Crippen LogP contribution in [0.2, 0.25) is 0 Å².